The number of aliphatic hydroxyl groups is 3. The van der Waals surface area contributed by atoms with Gasteiger partial charge in [-0.25, -0.2) is 4.79 Å². The van der Waals surface area contributed by atoms with Crippen molar-refractivity contribution in [2.75, 3.05) is 46.7 Å². The average molecular weight is 561 g/mol. The van der Waals surface area contributed by atoms with Crippen molar-refractivity contribution in [3.05, 3.63) is 40.5 Å². The van der Waals surface area contributed by atoms with Gasteiger partial charge < -0.3 is 49.2 Å². The highest BCUT2D eigenvalue weighted by Gasteiger charge is 2.53. The van der Waals surface area contributed by atoms with Crippen molar-refractivity contribution >= 4 is 5.97 Å². The minimum Gasteiger partial charge on any atom is -0.504 e. The highest BCUT2D eigenvalue weighted by atomic mass is 16.7. The van der Waals surface area contributed by atoms with E-state index in [4.69, 9.17) is 23.7 Å². The van der Waals surface area contributed by atoms with Gasteiger partial charge in [0, 0.05) is 50.4 Å². The van der Waals surface area contributed by atoms with Crippen LogP contribution in [0.25, 0.3) is 0 Å². The fraction of sp³-hybridized carbons (Fsp3) is 0.519. The Balaban J connectivity index is 1.23. The Morgan fingerprint density at radius 3 is 2.38 bits per heavy atom. The molecule has 4 aliphatic rings. The molecule has 2 aromatic carbocycles. The zero-order chi connectivity index (χ0) is 28.1. The molecule has 216 valence electrons. The summed E-state index contributed by atoms with van der Waals surface area (Å²) < 4.78 is 27.4. The third-order valence-corrected chi connectivity index (χ3v) is 8.04. The highest BCUT2D eigenvalue weighted by molar-refractivity contribution is 5.97. The summed E-state index contributed by atoms with van der Waals surface area (Å²) in [6.45, 7) is 3.23. The first kappa shape index (κ1) is 26.9. The molecule has 2 fully saturated rings. The van der Waals surface area contributed by atoms with Crippen LogP contribution in [-0.2, 0) is 22.6 Å². The lowest BCUT2D eigenvalue weighted by Crippen LogP contribution is -2.58. The summed E-state index contributed by atoms with van der Waals surface area (Å²) in [6, 6.07) is 5.89. The first-order valence-corrected chi connectivity index (χ1v) is 13.1. The lowest BCUT2D eigenvalue weighted by Gasteiger charge is -2.45. The molecule has 5 N–H and O–H groups in total. The largest absolute Gasteiger partial charge is 0.504 e. The van der Waals surface area contributed by atoms with Crippen molar-refractivity contribution in [1.29, 1.82) is 0 Å². The molecule has 0 aromatic heterocycles. The fourth-order valence-electron chi connectivity index (χ4n) is 5.89. The summed E-state index contributed by atoms with van der Waals surface area (Å²) in [7, 11) is 1.27. The summed E-state index contributed by atoms with van der Waals surface area (Å²) >= 11 is 0. The van der Waals surface area contributed by atoms with E-state index in [1.165, 1.54) is 7.11 Å². The molecule has 13 nitrogen and oxygen atoms in total. The maximum Gasteiger partial charge on any atom is 0.339 e. The number of aliphatic hydroxyl groups excluding tert-OH is 3. The van der Waals surface area contributed by atoms with Crippen molar-refractivity contribution < 1.29 is 54.0 Å². The molecule has 0 bridgehead atoms. The van der Waals surface area contributed by atoms with Crippen LogP contribution in [0.15, 0.2) is 18.2 Å². The van der Waals surface area contributed by atoms with E-state index in [2.05, 4.69) is 9.80 Å². The fourth-order valence-corrected chi connectivity index (χ4v) is 5.89. The topological polar surface area (TPSA) is 171 Å². The lowest BCUT2D eigenvalue weighted by atomic mass is 9.84. The predicted octanol–water partition coefficient (Wildman–Crippen LogP) is -0.154. The van der Waals surface area contributed by atoms with Gasteiger partial charge in [-0.2, -0.15) is 0 Å². The Bertz CT molecular complexity index is 1300. The summed E-state index contributed by atoms with van der Waals surface area (Å²) in [5, 5.41) is 52.6. The van der Waals surface area contributed by atoms with Crippen LogP contribution < -0.4 is 14.2 Å². The molecule has 0 radical (unpaired) electrons. The molecule has 0 aliphatic carbocycles. The summed E-state index contributed by atoms with van der Waals surface area (Å²) in [6.07, 6.45) is -6.77. The van der Waals surface area contributed by atoms with Crippen molar-refractivity contribution in [3.63, 3.8) is 0 Å². The van der Waals surface area contributed by atoms with Crippen LogP contribution in [0, 0.1) is 0 Å². The maximum absolute atomic E-state index is 13.2. The van der Waals surface area contributed by atoms with Gasteiger partial charge in [0.1, 0.15) is 24.4 Å². The number of benzene rings is 2. The van der Waals surface area contributed by atoms with Crippen molar-refractivity contribution in [3.8, 4) is 28.7 Å². The molecule has 0 saturated carbocycles. The number of aromatic hydroxyl groups is 2. The summed E-state index contributed by atoms with van der Waals surface area (Å²) in [5.74, 6) is -0.568. The Morgan fingerprint density at radius 2 is 1.68 bits per heavy atom. The van der Waals surface area contributed by atoms with Crippen LogP contribution in [0.3, 0.4) is 0 Å². The number of ether oxygens (including phenoxy) is 5. The number of phenolic OH excluding ortho intramolecular Hbond substituents is 2. The number of hydrogen-bond acceptors (Lipinski definition) is 13. The van der Waals surface area contributed by atoms with E-state index < -0.39 is 54.6 Å². The molecule has 4 aliphatic heterocycles. The maximum atomic E-state index is 13.2. The Hall–Kier alpha value is -3.33. The molecule has 6 rings (SSSR count). The van der Waals surface area contributed by atoms with Crippen LogP contribution in [0.2, 0.25) is 0 Å². The second-order valence-electron chi connectivity index (χ2n) is 10.4. The monoisotopic (exact) mass is 560 g/mol. The van der Waals surface area contributed by atoms with Crippen molar-refractivity contribution in [1.82, 2.24) is 9.80 Å². The van der Waals surface area contributed by atoms with Crippen LogP contribution in [0.4, 0.5) is 0 Å². The number of carbonyl (C=O) groups excluding carboxylic acids is 1. The van der Waals surface area contributed by atoms with Crippen LogP contribution in [0.5, 0.6) is 28.7 Å². The first-order valence-electron chi connectivity index (χ1n) is 13.1. The Kier molecular flexibility index (Phi) is 7.10. The zero-order valence-corrected chi connectivity index (χ0v) is 21.9. The Labute approximate surface area is 229 Å². The van der Waals surface area contributed by atoms with E-state index in [-0.39, 0.29) is 35.8 Å². The van der Waals surface area contributed by atoms with E-state index in [0.29, 0.717) is 13.1 Å². The smallest absolute Gasteiger partial charge is 0.339 e. The van der Waals surface area contributed by atoms with Gasteiger partial charge in [0.2, 0.25) is 12.5 Å². The van der Waals surface area contributed by atoms with Gasteiger partial charge in [-0.05, 0) is 17.7 Å². The zero-order valence-electron chi connectivity index (χ0n) is 21.9. The molecule has 0 spiro atoms. The van der Waals surface area contributed by atoms with Crippen molar-refractivity contribution in [2.45, 2.75) is 43.6 Å². The second-order valence-corrected chi connectivity index (χ2v) is 10.4. The number of methoxy groups -OCH3 is 1. The van der Waals surface area contributed by atoms with Gasteiger partial charge in [0.25, 0.3) is 0 Å². The standard InChI is InChI=1S/C27H32N2O11/c1-36-25-20(31)14(10-29-6-4-28(5-7-29)9-13-2-3-15-16(8-13)38-12-37-15)18-19(22(25)33)24-26(40-27(18)35)23(34)21(32)17(11-30)39-24/h2-3,8,17,21,23-24,26,30-34H,4-7,9-12H2,1H3/t17-,21-,23+,24+,26-/m1/s1. The number of hydrogen-bond donors (Lipinski definition) is 5. The number of nitrogens with zero attached hydrogens (tertiary/aromatic N) is 2. The van der Waals surface area contributed by atoms with Gasteiger partial charge >= 0.3 is 5.97 Å². The van der Waals surface area contributed by atoms with E-state index in [0.717, 1.165) is 36.7 Å². The number of carbonyl (C=O) groups is 1. The number of fused-ring (bicyclic) bond motifs is 4. The SMILES string of the molecule is COc1c(O)c(CN2CCN(Cc3ccc4c(c3)OCO4)CC2)c2c(c1O)[C@@H]1O[C@H](CO)[C@@H](O)[C@H](O)[C@H]1OC2=O. The molecule has 4 heterocycles. The number of rotatable bonds is 6. The van der Waals surface area contributed by atoms with Gasteiger partial charge in [0.15, 0.2) is 29.1 Å². The normalized spacial score (nSPS) is 28.1. The minimum atomic E-state index is -1.56. The van der Waals surface area contributed by atoms with Gasteiger partial charge in [-0.3, -0.25) is 9.80 Å². The summed E-state index contributed by atoms with van der Waals surface area (Å²) in [5.41, 5.74) is 1.20. The second kappa shape index (κ2) is 10.6. The van der Waals surface area contributed by atoms with E-state index in [1.807, 2.05) is 18.2 Å². The minimum absolute atomic E-state index is 0.0169. The molecule has 2 aromatic rings. The molecule has 0 unspecified atom stereocenters. The van der Waals surface area contributed by atoms with Crippen LogP contribution in [-0.4, -0.2) is 112 Å². The molecule has 5 atom stereocenters. The number of phenols is 2. The quantitative estimate of drug-likeness (QED) is 0.296. The molecule has 13 heteroatoms. The van der Waals surface area contributed by atoms with Gasteiger partial charge in [-0.15, -0.1) is 0 Å². The molecule has 2 saturated heterocycles. The van der Waals surface area contributed by atoms with Crippen LogP contribution in [0.1, 0.15) is 33.2 Å². The lowest BCUT2D eigenvalue weighted by molar-refractivity contribution is -0.235. The molecular weight excluding hydrogens is 528 g/mol. The summed E-state index contributed by atoms with van der Waals surface area (Å²) in [4.78, 5) is 17.6. The molecule has 0 amide bonds. The van der Waals surface area contributed by atoms with Gasteiger partial charge in [0.05, 0.1) is 19.3 Å². The Morgan fingerprint density at radius 1 is 0.975 bits per heavy atom. The number of esters is 1. The molecular formula is C27H32N2O11. The first-order chi connectivity index (χ1) is 19.3. The van der Waals surface area contributed by atoms with E-state index >= 15 is 0 Å². The predicted molar refractivity (Wildman–Crippen MR) is 135 cm³/mol. The van der Waals surface area contributed by atoms with Crippen LogP contribution >= 0.6 is 0 Å². The van der Waals surface area contributed by atoms with E-state index in [9.17, 15) is 30.3 Å². The van der Waals surface area contributed by atoms with Crippen molar-refractivity contribution in [2.24, 2.45) is 0 Å². The highest BCUT2D eigenvalue weighted by Crippen LogP contribution is 2.52. The molecule has 40 heavy (non-hydrogen) atoms. The number of piperazine rings is 1. The van der Waals surface area contributed by atoms with E-state index in [1.54, 1.807) is 0 Å². The third-order valence-electron chi connectivity index (χ3n) is 8.04. The van der Waals surface area contributed by atoms with Gasteiger partial charge in [-0.1, -0.05) is 6.07 Å². The third kappa shape index (κ3) is 4.48. The average Bonchev–Trinajstić information content (AvgIpc) is 3.42.